The molecule has 0 saturated carbocycles. The maximum absolute atomic E-state index is 13.0. The molecular formula is C25H20ClN3O4. The van der Waals surface area contributed by atoms with Crippen LogP contribution in [0.2, 0.25) is 0 Å². The number of phenols is 1. The summed E-state index contributed by atoms with van der Waals surface area (Å²) in [6.45, 7) is 3.74. The number of aryl methyl sites for hydroxylation is 1. The maximum Gasteiger partial charge on any atom is 0.283 e. The van der Waals surface area contributed by atoms with Gasteiger partial charge in [0.1, 0.15) is 16.5 Å². The molecule has 0 unspecified atom stereocenters. The lowest BCUT2D eigenvalue weighted by Crippen LogP contribution is -2.33. The lowest BCUT2D eigenvalue weighted by Gasteiger charge is -2.18. The first kappa shape index (κ1) is 22.1. The van der Waals surface area contributed by atoms with Gasteiger partial charge in [-0.05, 0) is 79.6 Å². The van der Waals surface area contributed by atoms with Crippen molar-refractivity contribution >= 4 is 46.4 Å². The third-order valence-electron chi connectivity index (χ3n) is 5.39. The van der Waals surface area contributed by atoms with Gasteiger partial charge in [-0.25, -0.2) is 4.90 Å². The molecule has 33 heavy (non-hydrogen) atoms. The Morgan fingerprint density at radius 3 is 2.18 bits per heavy atom. The number of halogens is 1. The summed E-state index contributed by atoms with van der Waals surface area (Å²) in [5.41, 5.74) is 3.65. The van der Waals surface area contributed by atoms with Crippen LogP contribution in [-0.4, -0.2) is 22.8 Å². The second-order valence-electron chi connectivity index (χ2n) is 7.56. The lowest BCUT2D eigenvalue weighted by molar-refractivity contribution is -0.120. The first-order chi connectivity index (χ1) is 15.8. The van der Waals surface area contributed by atoms with Crippen LogP contribution in [0.4, 0.5) is 17.1 Å². The zero-order chi connectivity index (χ0) is 23.7. The molecule has 4 rings (SSSR count). The van der Waals surface area contributed by atoms with Crippen LogP contribution in [-0.2, 0) is 9.59 Å². The number of hydrogen-bond acceptors (Lipinski definition) is 5. The van der Waals surface area contributed by atoms with Crippen LogP contribution < -0.4 is 15.5 Å². The van der Waals surface area contributed by atoms with Crippen LogP contribution in [0.1, 0.15) is 21.5 Å². The fourth-order valence-corrected chi connectivity index (χ4v) is 3.62. The molecule has 0 radical (unpaired) electrons. The van der Waals surface area contributed by atoms with Crippen LogP contribution in [0, 0.1) is 13.8 Å². The molecule has 3 amide bonds. The molecule has 3 aromatic rings. The second kappa shape index (κ2) is 8.80. The molecule has 0 spiro atoms. The van der Waals surface area contributed by atoms with Crippen molar-refractivity contribution < 1.29 is 19.5 Å². The highest BCUT2D eigenvalue weighted by atomic mass is 35.5. The van der Waals surface area contributed by atoms with E-state index in [4.69, 9.17) is 11.6 Å². The van der Waals surface area contributed by atoms with E-state index >= 15 is 0 Å². The average Bonchev–Trinajstić information content (AvgIpc) is 3.01. The number of carbonyl (C=O) groups is 3. The van der Waals surface area contributed by atoms with Gasteiger partial charge < -0.3 is 15.7 Å². The number of benzene rings is 3. The molecule has 1 heterocycles. The minimum absolute atomic E-state index is 0.0242. The number of imide groups is 1. The first-order valence-corrected chi connectivity index (χ1v) is 10.5. The number of anilines is 3. The molecule has 1 aliphatic heterocycles. The number of hydrogen-bond donors (Lipinski definition) is 3. The fraction of sp³-hybridized carbons (Fsp3) is 0.0800. The van der Waals surface area contributed by atoms with Gasteiger partial charge >= 0.3 is 0 Å². The Hall–Kier alpha value is -4.10. The number of nitrogens with one attached hydrogen (secondary N) is 2. The van der Waals surface area contributed by atoms with E-state index in [2.05, 4.69) is 10.6 Å². The Kier molecular flexibility index (Phi) is 5.89. The number of aromatic hydroxyl groups is 1. The molecule has 3 N–H and O–H groups in total. The van der Waals surface area contributed by atoms with Gasteiger partial charge in [0, 0.05) is 16.9 Å². The third kappa shape index (κ3) is 4.31. The molecule has 0 aliphatic carbocycles. The van der Waals surface area contributed by atoms with Crippen LogP contribution in [0.25, 0.3) is 0 Å². The monoisotopic (exact) mass is 461 g/mol. The predicted molar refractivity (Wildman–Crippen MR) is 127 cm³/mol. The molecule has 0 bridgehead atoms. The van der Waals surface area contributed by atoms with Crippen molar-refractivity contribution in [3.63, 3.8) is 0 Å². The zero-order valence-electron chi connectivity index (χ0n) is 17.8. The minimum atomic E-state index is -0.595. The number of rotatable bonds is 5. The quantitative estimate of drug-likeness (QED) is 0.378. The van der Waals surface area contributed by atoms with Gasteiger partial charge in [0.15, 0.2) is 0 Å². The highest BCUT2D eigenvalue weighted by Crippen LogP contribution is 2.33. The van der Waals surface area contributed by atoms with E-state index in [1.54, 1.807) is 48.5 Å². The fourth-order valence-electron chi connectivity index (χ4n) is 3.41. The molecule has 0 saturated heterocycles. The van der Waals surface area contributed by atoms with Crippen LogP contribution in [0.3, 0.4) is 0 Å². The highest BCUT2D eigenvalue weighted by Gasteiger charge is 2.39. The van der Waals surface area contributed by atoms with Crippen molar-refractivity contribution in [2.45, 2.75) is 13.8 Å². The summed E-state index contributed by atoms with van der Waals surface area (Å²) in [7, 11) is 0. The molecule has 8 heteroatoms. The Morgan fingerprint density at radius 1 is 0.879 bits per heavy atom. The van der Waals surface area contributed by atoms with Gasteiger partial charge in [0.25, 0.3) is 17.7 Å². The van der Waals surface area contributed by atoms with E-state index < -0.39 is 11.8 Å². The SMILES string of the molecule is Cc1cccc(N2C(=O)C(Cl)=C(Nc3ccc(C(=O)Nc4ccc(O)cc4)cc3)C2=O)c1C. The lowest BCUT2D eigenvalue weighted by atomic mass is 10.1. The molecule has 0 aromatic heterocycles. The summed E-state index contributed by atoms with van der Waals surface area (Å²) in [5.74, 6) is -1.37. The van der Waals surface area contributed by atoms with Crippen molar-refractivity contribution in [2.24, 2.45) is 0 Å². The molecule has 7 nitrogen and oxygen atoms in total. The van der Waals surface area contributed by atoms with Crippen molar-refractivity contribution in [3.8, 4) is 5.75 Å². The Bertz CT molecular complexity index is 1300. The van der Waals surface area contributed by atoms with Gasteiger partial charge in [0.2, 0.25) is 0 Å². The van der Waals surface area contributed by atoms with Crippen LogP contribution >= 0.6 is 11.6 Å². The number of carbonyl (C=O) groups excluding carboxylic acids is 3. The Balaban J connectivity index is 1.50. The van der Waals surface area contributed by atoms with E-state index in [0.717, 1.165) is 16.0 Å². The average molecular weight is 462 g/mol. The molecule has 1 aliphatic rings. The second-order valence-corrected chi connectivity index (χ2v) is 7.94. The Morgan fingerprint density at radius 2 is 1.52 bits per heavy atom. The van der Waals surface area contributed by atoms with E-state index in [0.29, 0.717) is 22.6 Å². The van der Waals surface area contributed by atoms with Gasteiger partial charge in [-0.2, -0.15) is 0 Å². The molecule has 0 fully saturated rings. The van der Waals surface area contributed by atoms with Gasteiger partial charge in [-0.15, -0.1) is 0 Å². The number of nitrogens with zero attached hydrogens (tertiary/aromatic N) is 1. The standard InChI is InChI=1S/C25H20ClN3O4/c1-14-4-3-5-20(15(14)2)29-24(32)21(26)22(25(29)33)27-17-8-6-16(7-9-17)23(31)28-18-10-12-19(30)13-11-18/h3-13,27,30H,1-2H3,(H,28,31). The summed E-state index contributed by atoms with van der Waals surface area (Å²) in [6.07, 6.45) is 0. The number of phenolic OH excluding ortho intramolecular Hbond substituents is 1. The van der Waals surface area contributed by atoms with E-state index in [-0.39, 0.29) is 22.4 Å². The largest absolute Gasteiger partial charge is 0.508 e. The first-order valence-electron chi connectivity index (χ1n) is 10.1. The van der Waals surface area contributed by atoms with Gasteiger partial charge in [-0.3, -0.25) is 14.4 Å². The third-order valence-corrected chi connectivity index (χ3v) is 5.74. The summed E-state index contributed by atoms with van der Waals surface area (Å²) in [6, 6.07) is 17.9. The van der Waals surface area contributed by atoms with E-state index in [9.17, 15) is 19.5 Å². The predicted octanol–water partition coefficient (Wildman–Crippen LogP) is 4.70. The van der Waals surface area contributed by atoms with Gasteiger partial charge in [0.05, 0.1) is 5.69 Å². The summed E-state index contributed by atoms with van der Waals surface area (Å²) in [4.78, 5) is 39.2. The van der Waals surface area contributed by atoms with E-state index in [1.165, 1.54) is 12.1 Å². The molecule has 0 atom stereocenters. The van der Waals surface area contributed by atoms with E-state index in [1.807, 2.05) is 19.9 Å². The highest BCUT2D eigenvalue weighted by molar-refractivity contribution is 6.53. The van der Waals surface area contributed by atoms with Gasteiger partial charge in [-0.1, -0.05) is 23.7 Å². The molecule has 3 aromatic carbocycles. The van der Waals surface area contributed by atoms with Crippen molar-refractivity contribution in [3.05, 3.63) is 94.1 Å². The summed E-state index contributed by atoms with van der Waals surface area (Å²) < 4.78 is 0. The minimum Gasteiger partial charge on any atom is -0.508 e. The van der Waals surface area contributed by atoms with Crippen LogP contribution in [0.15, 0.2) is 77.5 Å². The molecular weight excluding hydrogens is 442 g/mol. The maximum atomic E-state index is 13.0. The summed E-state index contributed by atoms with van der Waals surface area (Å²) >= 11 is 6.22. The van der Waals surface area contributed by atoms with Crippen molar-refractivity contribution in [2.75, 3.05) is 15.5 Å². The topological polar surface area (TPSA) is 98.7 Å². The zero-order valence-corrected chi connectivity index (χ0v) is 18.6. The normalized spacial score (nSPS) is 13.5. The smallest absolute Gasteiger partial charge is 0.283 e. The molecule has 166 valence electrons. The van der Waals surface area contributed by atoms with Crippen LogP contribution in [0.5, 0.6) is 5.75 Å². The van der Waals surface area contributed by atoms with Crippen molar-refractivity contribution in [1.29, 1.82) is 0 Å². The number of amides is 3. The van der Waals surface area contributed by atoms with Crippen molar-refractivity contribution in [1.82, 2.24) is 0 Å². The Labute approximate surface area is 195 Å². The summed E-state index contributed by atoms with van der Waals surface area (Å²) in [5, 5.41) is 14.8.